The zero-order chi connectivity index (χ0) is 16.4. The van der Waals surface area contributed by atoms with Crippen molar-refractivity contribution in [1.82, 2.24) is 14.9 Å². The van der Waals surface area contributed by atoms with Crippen LogP contribution in [0.1, 0.15) is 22.3 Å². The van der Waals surface area contributed by atoms with Crippen LogP contribution in [0.5, 0.6) is 0 Å². The molecule has 4 nitrogen and oxygen atoms in total. The third-order valence-electron chi connectivity index (χ3n) is 4.67. The predicted octanol–water partition coefficient (Wildman–Crippen LogP) is 3.33. The van der Waals surface area contributed by atoms with Gasteiger partial charge in [-0.1, -0.05) is 12.1 Å². The molecule has 4 heteroatoms. The van der Waals surface area contributed by atoms with Crippen LogP contribution in [0.2, 0.25) is 0 Å². The highest BCUT2D eigenvalue weighted by atomic mass is 16.2. The second-order valence-electron chi connectivity index (χ2n) is 6.38. The maximum Gasteiger partial charge on any atom is 0.255 e. The summed E-state index contributed by atoms with van der Waals surface area (Å²) in [6, 6.07) is 14.2. The summed E-state index contributed by atoms with van der Waals surface area (Å²) in [6.45, 7) is 1.65. The van der Waals surface area contributed by atoms with Gasteiger partial charge in [0.05, 0.1) is 11.1 Å². The first kappa shape index (κ1) is 14.8. The molecule has 0 radical (unpaired) electrons. The van der Waals surface area contributed by atoms with Gasteiger partial charge in [0.2, 0.25) is 0 Å². The van der Waals surface area contributed by atoms with Crippen LogP contribution in [0.4, 0.5) is 0 Å². The third-order valence-corrected chi connectivity index (χ3v) is 4.67. The Morgan fingerprint density at radius 2 is 2.08 bits per heavy atom. The van der Waals surface area contributed by atoms with E-state index in [1.165, 1.54) is 10.9 Å². The first-order valence-corrected chi connectivity index (χ1v) is 8.32. The second-order valence-corrected chi connectivity index (χ2v) is 6.38. The Kier molecular flexibility index (Phi) is 3.95. The van der Waals surface area contributed by atoms with Crippen molar-refractivity contribution in [3.8, 4) is 0 Å². The van der Waals surface area contributed by atoms with E-state index in [2.05, 4.69) is 34.2 Å². The Balaban J connectivity index is 1.44. The van der Waals surface area contributed by atoms with Crippen molar-refractivity contribution < 1.29 is 4.79 Å². The lowest BCUT2D eigenvalue weighted by Gasteiger charge is -2.16. The van der Waals surface area contributed by atoms with Gasteiger partial charge in [-0.15, -0.1) is 0 Å². The highest BCUT2D eigenvalue weighted by molar-refractivity contribution is 5.94. The molecular weight excluding hydrogens is 298 g/mol. The summed E-state index contributed by atoms with van der Waals surface area (Å²) in [5, 5.41) is 1.18. The van der Waals surface area contributed by atoms with Crippen LogP contribution in [0.15, 0.2) is 61.1 Å². The van der Waals surface area contributed by atoms with Crippen molar-refractivity contribution in [1.29, 1.82) is 0 Å². The van der Waals surface area contributed by atoms with Crippen LogP contribution in [0, 0.1) is 5.92 Å². The minimum Gasteiger partial charge on any atom is -0.338 e. The van der Waals surface area contributed by atoms with E-state index in [1.54, 1.807) is 12.4 Å². The Morgan fingerprint density at radius 1 is 1.17 bits per heavy atom. The van der Waals surface area contributed by atoms with E-state index < -0.39 is 0 Å². The van der Waals surface area contributed by atoms with Gasteiger partial charge in [-0.25, -0.2) is 0 Å². The fourth-order valence-electron chi connectivity index (χ4n) is 3.44. The van der Waals surface area contributed by atoms with Crippen molar-refractivity contribution in [2.24, 2.45) is 5.92 Å². The fourth-order valence-corrected chi connectivity index (χ4v) is 3.44. The first-order valence-electron chi connectivity index (χ1n) is 8.32. The fraction of sp³-hybridized carbons (Fsp3) is 0.250. The third kappa shape index (κ3) is 3.00. The normalized spacial score (nSPS) is 17.3. The van der Waals surface area contributed by atoms with Gasteiger partial charge in [0.25, 0.3) is 5.91 Å². The molecule has 24 heavy (non-hydrogen) atoms. The molecule has 0 aliphatic carbocycles. The minimum absolute atomic E-state index is 0.0910. The summed E-state index contributed by atoms with van der Waals surface area (Å²) in [4.78, 5) is 22.8. The molecular formula is C20H19N3O. The van der Waals surface area contributed by atoms with E-state index in [1.807, 2.05) is 29.3 Å². The minimum atomic E-state index is 0.0910. The maximum absolute atomic E-state index is 12.5. The Labute approximate surface area is 141 Å². The van der Waals surface area contributed by atoms with Crippen molar-refractivity contribution in [2.75, 3.05) is 13.1 Å². The highest BCUT2D eigenvalue weighted by Gasteiger charge is 2.27. The SMILES string of the molecule is O=C(c1cccnc1)N1CC[C@H](Cc2ccc3ncccc3c2)C1. The first-order chi connectivity index (χ1) is 11.8. The second kappa shape index (κ2) is 6.40. The van der Waals surface area contributed by atoms with Gasteiger partial charge < -0.3 is 4.90 Å². The molecule has 4 rings (SSSR count). The molecule has 3 aromatic rings. The zero-order valence-corrected chi connectivity index (χ0v) is 13.4. The molecule has 1 aliphatic rings. The Morgan fingerprint density at radius 3 is 2.96 bits per heavy atom. The summed E-state index contributed by atoms with van der Waals surface area (Å²) in [5.74, 6) is 0.605. The van der Waals surface area contributed by atoms with Crippen molar-refractivity contribution >= 4 is 16.8 Å². The summed E-state index contributed by atoms with van der Waals surface area (Å²) < 4.78 is 0. The van der Waals surface area contributed by atoms with Gasteiger partial charge in [-0.05, 0) is 54.7 Å². The van der Waals surface area contributed by atoms with Gasteiger partial charge in [-0.3, -0.25) is 14.8 Å². The number of carbonyl (C=O) groups excluding carboxylic acids is 1. The Bertz CT molecular complexity index is 863. The molecule has 2 aromatic heterocycles. The van der Waals surface area contributed by atoms with Crippen LogP contribution >= 0.6 is 0 Å². The topological polar surface area (TPSA) is 46.1 Å². The molecule has 3 heterocycles. The summed E-state index contributed by atoms with van der Waals surface area (Å²) >= 11 is 0. The number of benzene rings is 1. The highest BCUT2D eigenvalue weighted by Crippen LogP contribution is 2.24. The van der Waals surface area contributed by atoms with E-state index in [0.717, 1.165) is 31.4 Å². The van der Waals surface area contributed by atoms with Crippen molar-refractivity contribution in [3.05, 3.63) is 72.2 Å². The molecule has 0 saturated carbocycles. The van der Waals surface area contributed by atoms with Gasteiger partial charge in [-0.2, -0.15) is 0 Å². The lowest BCUT2D eigenvalue weighted by Crippen LogP contribution is -2.29. The van der Waals surface area contributed by atoms with E-state index in [0.29, 0.717) is 11.5 Å². The number of amides is 1. The molecule has 0 bridgehead atoms. The largest absolute Gasteiger partial charge is 0.338 e. The molecule has 1 amide bonds. The van der Waals surface area contributed by atoms with Gasteiger partial charge in [0.1, 0.15) is 0 Å². The molecule has 1 atom stereocenters. The molecule has 1 saturated heterocycles. The molecule has 1 aromatic carbocycles. The van der Waals surface area contributed by atoms with Crippen molar-refractivity contribution in [3.63, 3.8) is 0 Å². The van der Waals surface area contributed by atoms with Crippen molar-refractivity contribution in [2.45, 2.75) is 12.8 Å². The lowest BCUT2D eigenvalue weighted by molar-refractivity contribution is 0.0786. The zero-order valence-electron chi connectivity index (χ0n) is 13.4. The van der Waals surface area contributed by atoms with Crippen LogP contribution in [-0.4, -0.2) is 33.9 Å². The van der Waals surface area contributed by atoms with E-state index >= 15 is 0 Å². The average molecular weight is 317 g/mol. The molecule has 1 aliphatic heterocycles. The lowest BCUT2D eigenvalue weighted by atomic mass is 9.97. The van der Waals surface area contributed by atoms with E-state index in [9.17, 15) is 4.79 Å². The smallest absolute Gasteiger partial charge is 0.255 e. The summed E-state index contributed by atoms with van der Waals surface area (Å²) in [7, 11) is 0. The standard InChI is InChI=1S/C20H19N3O/c24-20(18-4-1-8-21-13-18)23-10-7-16(14-23)11-15-5-6-19-17(12-15)3-2-9-22-19/h1-6,8-9,12-13,16H,7,10-11,14H2/t16-/m1/s1. The molecule has 120 valence electrons. The molecule has 0 N–H and O–H groups in total. The summed E-state index contributed by atoms with van der Waals surface area (Å²) in [6.07, 6.45) is 7.21. The van der Waals surface area contributed by atoms with Gasteiger partial charge >= 0.3 is 0 Å². The molecule has 1 fully saturated rings. The van der Waals surface area contributed by atoms with Gasteiger partial charge in [0.15, 0.2) is 0 Å². The number of hydrogen-bond acceptors (Lipinski definition) is 3. The van der Waals surface area contributed by atoms with E-state index in [4.69, 9.17) is 0 Å². The van der Waals surface area contributed by atoms with E-state index in [-0.39, 0.29) is 5.91 Å². The number of pyridine rings is 2. The van der Waals surface area contributed by atoms with Gasteiger partial charge in [0, 0.05) is 37.1 Å². The molecule has 0 spiro atoms. The number of aromatic nitrogens is 2. The van der Waals surface area contributed by atoms with Crippen LogP contribution in [0.3, 0.4) is 0 Å². The number of fused-ring (bicyclic) bond motifs is 1. The van der Waals surface area contributed by atoms with Crippen LogP contribution < -0.4 is 0 Å². The number of carbonyl (C=O) groups is 1. The average Bonchev–Trinajstić information content (AvgIpc) is 3.10. The predicted molar refractivity (Wildman–Crippen MR) is 93.7 cm³/mol. The summed E-state index contributed by atoms with van der Waals surface area (Å²) in [5.41, 5.74) is 3.02. The Hall–Kier alpha value is -2.75. The quantitative estimate of drug-likeness (QED) is 0.744. The maximum atomic E-state index is 12.5. The number of rotatable bonds is 3. The number of nitrogens with zero attached hydrogens (tertiary/aromatic N) is 3. The van der Waals surface area contributed by atoms with Crippen LogP contribution in [0.25, 0.3) is 10.9 Å². The number of likely N-dealkylation sites (tertiary alicyclic amines) is 1. The van der Waals surface area contributed by atoms with Crippen LogP contribution in [-0.2, 0) is 6.42 Å². The monoisotopic (exact) mass is 317 g/mol. The molecule has 0 unspecified atom stereocenters. The number of hydrogen-bond donors (Lipinski definition) is 0.